The highest BCUT2D eigenvalue weighted by Crippen LogP contribution is 2.16. The Bertz CT molecular complexity index is 1070. The minimum Gasteiger partial charge on any atom is -0.326 e. The standard InChI is InChI=1S/C21H17FN4O3/c1-13(27)24-15-6-8-16(9-7-15)25-20(28)14-10-11-23-19(12-14)21(29)26-18-5-3-2-4-17(18)22/h2-12H,1H3,(H,24,27)(H,25,28)(H,26,29). The molecule has 0 unspecified atom stereocenters. The number of halogens is 1. The number of benzene rings is 2. The van der Waals surface area contributed by atoms with E-state index in [1.54, 1.807) is 30.3 Å². The minimum absolute atomic E-state index is 0.0217. The topological polar surface area (TPSA) is 100 Å². The zero-order valence-corrected chi connectivity index (χ0v) is 15.4. The second kappa shape index (κ2) is 8.75. The molecule has 0 aliphatic rings. The first kappa shape index (κ1) is 19.7. The molecule has 0 aliphatic carbocycles. The fourth-order valence-corrected chi connectivity index (χ4v) is 2.49. The van der Waals surface area contributed by atoms with Crippen LogP contribution >= 0.6 is 0 Å². The molecule has 8 heteroatoms. The van der Waals surface area contributed by atoms with Crippen LogP contribution in [0.15, 0.2) is 66.9 Å². The maximum absolute atomic E-state index is 13.7. The highest BCUT2D eigenvalue weighted by Gasteiger charge is 2.14. The molecule has 3 N–H and O–H groups in total. The molecule has 3 amide bonds. The number of carbonyl (C=O) groups excluding carboxylic acids is 3. The SMILES string of the molecule is CC(=O)Nc1ccc(NC(=O)c2ccnc(C(=O)Nc3ccccc3F)c2)cc1. The number of nitrogens with zero attached hydrogens (tertiary/aromatic N) is 1. The fraction of sp³-hybridized carbons (Fsp3) is 0.0476. The lowest BCUT2D eigenvalue weighted by molar-refractivity contribution is -0.114. The molecule has 0 fully saturated rings. The summed E-state index contributed by atoms with van der Waals surface area (Å²) in [6.07, 6.45) is 1.32. The van der Waals surface area contributed by atoms with Crippen molar-refractivity contribution in [2.24, 2.45) is 0 Å². The second-order valence-electron chi connectivity index (χ2n) is 6.08. The van der Waals surface area contributed by atoms with Crippen LogP contribution in [0.4, 0.5) is 21.5 Å². The van der Waals surface area contributed by atoms with E-state index in [2.05, 4.69) is 20.9 Å². The van der Waals surface area contributed by atoms with Gasteiger partial charge in [0.15, 0.2) is 0 Å². The number of rotatable bonds is 5. The lowest BCUT2D eigenvalue weighted by atomic mass is 10.2. The van der Waals surface area contributed by atoms with Gasteiger partial charge in [0, 0.05) is 30.1 Å². The van der Waals surface area contributed by atoms with Crippen LogP contribution in [0.1, 0.15) is 27.8 Å². The van der Waals surface area contributed by atoms with Crippen molar-refractivity contribution in [2.45, 2.75) is 6.92 Å². The number of para-hydroxylation sites is 1. The third-order valence-corrected chi connectivity index (χ3v) is 3.84. The maximum Gasteiger partial charge on any atom is 0.274 e. The molecule has 29 heavy (non-hydrogen) atoms. The normalized spacial score (nSPS) is 10.1. The molecule has 0 atom stereocenters. The fourth-order valence-electron chi connectivity index (χ4n) is 2.49. The van der Waals surface area contributed by atoms with Crippen molar-refractivity contribution >= 4 is 34.8 Å². The molecule has 7 nitrogen and oxygen atoms in total. The van der Waals surface area contributed by atoms with E-state index in [4.69, 9.17) is 0 Å². The summed E-state index contributed by atoms with van der Waals surface area (Å²) < 4.78 is 13.7. The van der Waals surface area contributed by atoms with Gasteiger partial charge in [-0.25, -0.2) is 4.39 Å². The van der Waals surface area contributed by atoms with Crippen LogP contribution in [-0.2, 0) is 4.79 Å². The van der Waals surface area contributed by atoms with E-state index in [1.807, 2.05) is 0 Å². The van der Waals surface area contributed by atoms with E-state index in [-0.39, 0.29) is 22.9 Å². The van der Waals surface area contributed by atoms with Crippen LogP contribution in [0, 0.1) is 5.82 Å². The average molecular weight is 392 g/mol. The Balaban J connectivity index is 1.70. The molecular weight excluding hydrogens is 375 g/mol. The third kappa shape index (κ3) is 5.23. The predicted molar refractivity (Wildman–Crippen MR) is 107 cm³/mol. The number of hydrogen-bond donors (Lipinski definition) is 3. The molecule has 1 aromatic heterocycles. The summed E-state index contributed by atoms with van der Waals surface area (Å²) in [6, 6.07) is 15.1. The van der Waals surface area contributed by atoms with Crippen molar-refractivity contribution < 1.29 is 18.8 Å². The van der Waals surface area contributed by atoms with E-state index in [9.17, 15) is 18.8 Å². The summed E-state index contributed by atoms with van der Waals surface area (Å²) in [5.74, 6) is -1.85. The van der Waals surface area contributed by atoms with Crippen molar-refractivity contribution in [2.75, 3.05) is 16.0 Å². The van der Waals surface area contributed by atoms with Crippen LogP contribution in [0.3, 0.4) is 0 Å². The summed E-state index contributed by atoms with van der Waals surface area (Å²) in [7, 11) is 0. The molecule has 0 saturated heterocycles. The highest BCUT2D eigenvalue weighted by atomic mass is 19.1. The molecule has 0 spiro atoms. The van der Waals surface area contributed by atoms with Gasteiger partial charge < -0.3 is 16.0 Å². The van der Waals surface area contributed by atoms with E-state index >= 15 is 0 Å². The quantitative estimate of drug-likeness (QED) is 0.617. The molecular formula is C21H17FN4O3. The monoisotopic (exact) mass is 392 g/mol. The van der Waals surface area contributed by atoms with Gasteiger partial charge in [0.05, 0.1) is 5.69 Å². The Morgan fingerprint density at radius 1 is 0.828 bits per heavy atom. The van der Waals surface area contributed by atoms with Crippen LogP contribution in [0.2, 0.25) is 0 Å². The van der Waals surface area contributed by atoms with Gasteiger partial charge in [-0.1, -0.05) is 12.1 Å². The molecule has 0 radical (unpaired) electrons. The largest absolute Gasteiger partial charge is 0.326 e. The summed E-state index contributed by atoms with van der Waals surface area (Å²) in [5, 5.41) is 7.74. The van der Waals surface area contributed by atoms with Gasteiger partial charge in [-0.05, 0) is 48.5 Å². The Hall–Kier alpha value is -4.07. The van der Waals surface area contributed by atoms with Crippen LogP contribution in [0.5, 0.6) is 0 Å². The van der Waals surface area contributed by atoms with Crippen LogP contribution < -0.4 is 16.0 Å². The summed E-state index contributed by atoms with van der Waals surface area (Å²) in [5.41, 5.74) is 1.32. The lowest BCUT2D eigenvalue weighted by Crippen LogP contribution is -2.17. The van der Waals surface area contributed by atoms with Gasteiger partial charge in [-0.3, -0.25) is 19.4 Å². The van der Waals surface area contributed by atoms with Crippen molar-refractivity contribution in [3.05, 3.63) is 83.9 Å². The Kier molecular flexibility index (Phi) is 5.94. The molecule has 0 bridgehead atoms. The Morgan fingerprint density at radius 3 is 2.14 bits per heavy atom. The Morgan fingerprint density at radius 2 is 1.48 bits per heavy atom. The van der Waals surface area contributed by atoms with Gasteiger partial charge in [0.25, 0.3) is 11.8 Å². The van der Waals surface area contributed by atoms with Crippen molar-refractivity contribution in [1.82, 2.24) is 4.98 Å². The number of carbonyl (C=O) groups is 3. The summed E-state index contributed by atoms with van der Waals surface area (Å²) in [6.45, 7) is 1.40. The first-order valence-electron chi connectivity index (χ1n) is 8.63. The third-order valence-electron chi connectivity index (χ3n) is 3.84. The average Bonchev–Trinajstić information content (AvgIpc) is 2.71. The second-order valence-corrected chi connectivity index (χ2v) is 6.08. The number of aromatic nitrogens is 1. The van der Waals surface area contributed by atoms with E-state index in [1.165, 1.54) is 43.5 Å². The molecule has 3 aromatic rings. The predicted octanol–water partition coefficient (Wildman–Crippen LogP) is 3.68. The van der Waals surface area contributed by atoms with Gasteiger partial charge in [-0.2, -0.15) is 0 Å². The summed E-state index contributed by atoms with van der Waals surface area (Å²) >= 11 is 0. The van der Waals surface area contributed by atoms with Gasteiger partial charge in [0.1, 0.15) is 11.5 Å². The van der Waals surface area contributed by atoms with E-state index in [0.717, 1.165) is 0 Å². The van der Waals surface area contributed by atoms with Gasteiger partial charge in [-0.15, -0.1) is 0 Å². The number of pyridine rings is 1. The van der Waals surface area contributed by atoms with E-state index < -0.39 is 17.6 Å². The zero-order chi connectivity index (χ0) is 20.8. The lowest BCUT2D eigenvalue weighted by Gasteiger charge is -2.09. The summed E-state index contributed by atoms with van der Waals surface area (Å²) in [4.78, 5) is 39.8. The molecule has 1 heterocycles. The van der Waals surface area contributed by atoms with Gasteiger partial charge >= 0.3 is 0 Å². The molecule has 0 saturated carbocycles. The maximum atomic E-state index is 13.7. The zero-order valence-electron chi connectivity index (χ0n) is 15.4. The van der Waals surface area contributed by atoms with Crippen molar-refractivity contribution in [3.63, 3.8) is 0 Å². The smallest absolute Gasteiger partial charge is 0.274 e. The number of nitrogens with one attached hydrogen (secondary N) is 3. The molecule has 3 rings (SSSR count). The number of anilines is 3. The number of amides is 3. The molecule has 0 aliphatic heterocycles. The van der Waals surface area contributed by atoms with Crippen LogP contribution in [-0.4, -0.2) is 22.7 Å². The minimum atomic E-state index is -0.635. The van der Waals surface area contributed by atoms with Crippen LogP contribution in [0.25, 0.3) is 0 Å². The van der Waals surface area contributed by atoms with Crippen molar-refractivity contribution in [3.8, 4) is 0 Å². The first-order valence-corrected chi connectivity index (χ1v) is 8.63. The van der Waals surface area contributed by atoms with E-state index in [0.29, 0.717) is 11.4 Å². The molecule has 2 aromatic carbocycles. The number of hydrogen-bond acceptors (Lipinski definition) is 4. The Labute approximate surface area is 166 Å². The van der Waals surface area contributed by atoms with Gasteiger partial charge in [0.2, 0.25) is 5.91 Å². The van der Waals surface area contributed by atoms with Crippen molar-refractivity contribution in [1.29, 1.82) is 0 Å². The molecule has 146 valence electrons. The highest BCUT2D eigenvalue weighted by molar-refractivity contribution is 6.08. The first-order chi connectivity index (χ1) is 13.9.